The van der Waals surface area contributed by atoms with E-state index in [0.29, 0.717) is 36.8 Å². The number of fused-ring (bicyclic) bond motifs is 1. The molecule has 0 radical (unpaired) electrons. The molecule has 0 fully saturated rings. The number of amides is 1. The molecule has 0 saturated heterocycles. The summed E-state index contributed by atoms with van der Waals surface area (Å²) in [5.41, 5.74) is 9.39. The maximum Gasteiger partial charge on any atom is 0.224 e. The molecule has 0 bridgehead atoms. The second-order valence-corrected chi connectivity index (χ2v) is 5.05. The monoisotopic (exact) mass is 287 g/mol. The summed E-state index contributed by atoms with van der Waals surface area (Å²) in [5.74, 6) is 1.27. The fraction of sp³-hybridized carbons (Fsp3) is 0.357. The van der Waals surface area contributed by atoms with Gasteiger partial charge in [-0.2, -0.15) is 4.98 Å². The Bertz CT molecular complexity index is 680. The van der Waals surface area contributed by atoms with E-state index in [4.69, 9.17) is 10.3 Å². The van der Waals surface area contributed by atoms with E-state index in [1.807, 2.05) is 6.07 Å². The highest BCUT2D eigenvalue weighted by Crippen LogP contribution is 2.30. The van der Waals surface area contributed by atoms with E-state index in [9.17, 15) is 4.79 Å². The number of rotatable bonds is 4. The zero-order valence-corrected chi connectivity index (χ0v) is 11.8. The third kappa shape index (κ3) is 2.96. The Morgan fingerprint density at radius 2 is 2.29 bits per heavy atom. The average Bonchev–Trinajstić information content (AvgIpc) is 2.85. The van der Waals surface area contributed by atoms with Crippen molar-refractivity contribution in [3.8, 4) is 0 Å². The zero-order chi connectivity index (χ0) is 14.8. The molecule has 2 aromatic rings. The molecule has 0 unspecified atom stereocenters. The van der Waals surface area contributed by atoms with Crippen LogP contribution in [0.3, 0.4) is 0 Å². The number of anilines is 3. The van der Waals surface area contributed by atoms with Gasteiger partial charge in [0.2, 0.25) is 11.8 Å². The van der Waals surface area contributed by atoms with Crippen LogP contribution in [-0.4, -0.2) is 22.6 Å². The largest absolute Gasteiger partial charge is 0.397 e. The van der Waals surface area contributed by atoms with Gasteiger partial charge in [-0.1, -0.05) is 5.16 Å². The third-order valence-electron chi connectivity index (χ3n) is 3.40. The van der Waals surface area contributed by atoms with Gasteiger partial charge in [-0.05, 0) is 24.1 Å². The van der Waals surface area contributed by atoms with Gasteiger partial charge in [0.05, 0.1) is 11.4 Å². The van der Waals surface area contributed by atoms with Crippen LogP contribution in [0.5, 0.6) is 0 Å². The van der Waals surface area contributed by atoms with Gasteiger partial charge in [0.1, 0.15) is 0 Å². The molecule has 7 nitrogen and oxygen atoms in total. The normalized spacial score (nSPS) is 13.7. The molecule has 1 aromatic carbocycles. The van der Waals surface area contributed by atoms with E-state index in [1.54, 1.807) is 13.0 Å². The fourth-order valence-electron chi connectivity index (χ4n) is 2.35. The van der Waals surface area contributed by atoms with Crippen molar-refractivity contribution in [3.05, 3.63) is 29.4 Å². The first kappa shape index (κ1) is 13.4. The molecule has 3 rings (SSSR count). The van der Waals surface area contributed by atoms with Gasteiger partial charge in [-0.3, -0.25) is 4.79 Å². The quantitative estimate of drug-likeness (QED) is 0.736. The topological polar surface area (TPSA) is 106 Å². The van der Waals surface area contributed by atoms with Crippen LogP contribution in [0.4, 0.5) is 17.1 Å². The van der Waals surface area contributed by atoms with Crippen molar-refractivity contribution in [1.82, 2.24) is 10.1 Å². The molecule has 1 aliphatic heterocycles. The Morgan fingerprint density at radius 3 is 3.05 bits per heavy atom. The summed E-state index contributed by atoms with van der Waals surface area (Å²) in [6.07, 6.45) is 1.91. The Morgan fingerprint density at radius 1 is 1.43 bits per heavy atom. The second kappa shape index (κ2) is 5.43. The van der Waals surface area contributed by atoms with Crippen LogP contribution in [0.25, 0.3) is 0 Å². The van der Waals surface area contributed by atoms with Crippen molar-refractivity contribution in [2.45, 2.75) is 26.2 Å². The molecule has 1 aliphatic rings. The lowest BCUT2D eigenvalue weighted by molar-refractivity contribution is -0.116. The Balaban J connectivity index is 1.67. The Labute approximate surface area is 121 Å². The molecule has 1 amide bonds. The minimum Gasteiger partial charge on any atom is -0.397 e. The Kier molecular flexibility index (Phi) is 3.47. The van der Waals surface area contributed by atoms with E-state index >= 15 is 0 Å². The number of hydrogen-bond acceptors (Lipinski definition) is 6. The van der Waals surface area contributed by atoms with Crippen molar-refractivity contribution in [1.29, 1.82) is 0 Å². The summed E-state index contributed by atoms with van der Waals surface area (Å²) in [7, 11) is 0. The number of nitrogen functional groups attached to an aromatic ring is 1. The van der Waals surface area contributed by atoms with Gasteiger partial charge in [-0.15, -0.1) is 0 Å². The number of hydrogen-bond donors (Lipinski definition) is 3. The molecule has 21 heavy (non-hydrogen) atoms. The van der Waals surface area contributed by atoms with Gasteiger partial charge < -0.3 is 20.9 Å². The number of carbonyl (C=O) groups is 1. The highest BCUT2D eigenvalue weighted by Gasteiger charge is 2.16. The van der Waals surface area contributed by atoms with E-state index < -0.39 is 0 Å². The third-order valence-corrected chi connectivity index (χ3v) is 3.40. The molecule has 4 N–H and O–H groups in total. The molecule has 0 spiro atoms. The standard InChI is InChI=1S/C14H17N5O2/c1-8-17-13(19-21-8)4-5-16-12-6-9-2-3-14(20)18-11(9)7-10(12)15/h6-7,16H,2-5,15H2,1H3,(H,18,20). The number of nitrogens with zero attached hydrogens (tertiary/aromatic N) is 2. The summed E-state index contributed by atoms with van der Waals surface area (Å²) in [4.78, 5) is 15.5. The lowest BCUT2D eigenvalue weighted by Gasteiger charge is -2.19. The summed E-state index contributed by atoms with van der Waals surface area (Å²) in [6, 6.07) is 3.79. The summed E-state index contributed by atoms with van der Waals surface area (Å²) in [6.45, 7) is 2.42. The van der Waals surface area contributed by atoms with Crippen LogP contribution < -0.4 is 16.4 Å². The Hall–Kier alpha value is -2.57. The molecule has 110 valence electrons. The highest BCUT2D eigenvalue weighted by atomic mass is 16.5. The van der Waals surface area contributed by atoms with Crippen molar-refractivity contribution in [3.63, 3.8) is 0 Å². The first-order valence-electron chi connectivity index (χ1n) is 6.87. The predicted octanol–water partition coefficient (Wildman–Crippen LogP) is 1.50. The van der Waals surface area contributed by atoms with E-state index in [-0.39, 0.29) is 5.91 Å². The first-order chi connectivity index (χ1) is 10.1. The highest BCUT2D eigenvalue weighted by molar-refractivity contribution is 5.95. The predicted molar refractivity (Wildman–Crippen MR) is 79.0 cm³/mol. The number of aryl methyl sites for hydroxylation is 2. The molecule has 0 atom stereocenters. The maximum atomic E-state index is 11.4. The summed E-state index contributed by atoms with van der Waals surface area (Å²) >= 11 is 0. The van der Waals surface area contributed by atoms with Crippen LogP contribution in [0.2, 0.25) is 0 Å². The number of aromatic nitrogens is 2. The molecule has 7 heteroatoms. The average molecular weight is 287 g/mol. The minimum atomic E-state index is 0.0371. The van der Waals surface area contributed by atoms with Gasteiger partial charge in [0.25, 0.3) is 0 Å². The molecule has 0 saturated carbocycles. The van der Waals surface area contributed by atoms with Crippen molar-refractivity contribution in [2.24, 2.45) is 0 Å². The number of nitrogens with one attached hydrogen (secondary N) is 2. The van der Waals surface area contributed by atoms with Crippen LogP contribution in [0, 0.1) is 6.92 Å². The molecular formula is C14H17N5O2. The van der Waals surface area contributed by atoms with E-state index in [2.05, 4.69) is 20.8 Å². The molecule has 2 heterocycles. The number of carbonyl (C=O) groups excluding carboxylic acids is 1. The molecule has 0 aliphatic carbocycles. The van der Waals surface area contributed by atoms with Gasteiger partial charge in [0.15, 0.2) is 5.82 Å². The van der Waals surface area contributed by atoms with Crippen molar-refractivity contribution >= 4 is 23.0 Å². The number of nitrogens with two attached hydrogens (primary N) is 1. The minimum absolute atomic E-state index is 0.0371. The van der Waals surface area contributed by atoms with Crippen LogP contribution in [0.1, 0.15) is 23.7 Å². The van der Waals surface area contributed by atoms with Crippen molar-refractivity contribution < 1.29 is 9.32 Å². The van der Waals surface area contributed by atoms with Crippen LogP contribution in [0.15, 0.2) is 16.7 Å². The summed E-state index contributed by atoms with van der Waals surface area (Å²) in [5, 5.41) is 9.95. The van der Waals surface area contributed by atoms with Gasteiger partial charge in [0, 0.05) is 32.0 Å². The second-order valence-electron chi connectivity index (χ2n) is 5.05. The first-order valence-corrected chi connectivity index (χ1v) is 6.87. The zero-order valence-electron chi connectivity index (χ0n) is 11.8. The van der Waals surface area contributed by atoms with E-state index in [1.165, 1.54) is 0 Å². The SMILES string of the molecule is Cc1nc(CCNc2cc3c(cc2N)NC(=O)CC3)no1. The van der Waals surface area contributed by atoms with Gasteiger partial charge in [-0.25, -0.2) is 0 Å². The molecular weight excluding hydrogens is 270 g/mol. The van der Waals surface area contributed by atoms with Gasteiger partial charge >= 0.3 is 0 Å². The van der Waals surface area contributed by atoms with Crippen LogP contribution in [-0.2, 0) is 17.6 Å². The van der Waals surface area contributed by atoms with Crippen LogP contribution >= 0.6 is 0 Å². The lowest BCUT2D eigenvalue weighted by atomic mass is 10.0. The lowest BCUT2D eigenvalue weighted by Crippen LogP contribution is -2.19. The smallest absolute Gasteiger partial charge is 0.224 e. The summed E-state index contributed by atoms with van der Waals surface area (Å²) < 4.78 is 4.92. The van der Waals surface area contributed by atoms with E-state index in [0.717, 1.165) is 23.4 Å². The number of benzene rings is 1. The fourth-order valence-corrected chi connectivity index (χ4v) is 2.35. The van der Waals surface area contributed by atoms with Crippen molar-refractivity contribution in [2.75, 3.05) is 22.9 Å². The maximum absolute atomic E-state index is 11.4. The molecule has 1 aromatic heterocycles.